The number of hydrogen-bond donors (Lipinski definition) is 1. The molecule has 20 rings (SSSR count). The van der Waals surface area contributed by atoms with Crippen LogP contribution in [0.5, 0.6) is 0 Å². The minimum Gasteiger partial charge on any atom is -0.512 e. The molecule has 5 aliphatic heterocycles. The molecule has 10 aromatic heterocycles. The Morgan fingerprint density at radius 3 is 0.952 bits per heavy atom. The normalized spacial score (nSPS) is 14.8. The number of alkyl halides is 1. The Hall–Kier alpha value is -11.8. The fraction of sp³-hybridized carbons (Fsp3) is 0.196. The van der Waals surface area contributed by atoms with Crippen LogP contribution in [-0.2, 0) is 32.1 Å². The molecule has 0 spiro atoms. The summed E-state index contributed by atoms with van der Waals surface area (Å²) in [5.74, 6) is 3.77. The molecule has 1 N–H and O–H groups in total. The second-order valence-corrected chi connectivity index (χ2v) is 29.6. The molecule has 0 bridgehead atoms. The summed E-state index contributed by atoms with van der Waals surface area (Å²) in [6.07, 6.45) is 27.2. The van der Waals surface area contributed by atoms with Crippen molar-refractivity contribution in [1.29, 1.82) is 10.5 Å². The zero-order valence-corrected chi connectivity index (χ0v) is 74.8. The molecule has 0 saturated heterocycles. The third kappa shape index (κ3) is 20.3. The number of imidazole rings is 5. The van der Waals surface area contributed by atoms with Crippen molar-refractivity contribution >= 4 is 28.3 Å². The number of nitriles is 1. The van der Waals surface area contributed by atoms with E-state index >= 15 is 0 Å². The molecule has 124 heavy (non-hydrogen) atoms. The van der Waals surface area contributed by atoms with Gasteiger partial charge in [0.15, 0.2) is 0 Å². The van der Waals surface area contributed by atoms with Gasteiger partial charge in [0.05, 0.1) is 82.1 Å². The molecule has 0 radical (unpaired) electrons. The van der Waals surface area contributed by atoms with Crippen LogP contribution in [0, 0.1) is 52.3 Å². The largest absolute Gasteiger partial charge is 1.00 e. The van der Waals surface area contributed by atoms with Gasteiger partial charge in [-0.2, -0.15) is 5.26 Å². The van der Waals surface area contributed by atoms with E-state index in [4.69, 9.17) is 58.6 Å². The Balaban J connectivity index is 0.000000139. The van der Waals surface area contributed by atoms with Crippen LogP contribution in [0.1, 0.15) is 91.8 Å². The number of azide groups is 1. The van der Waals surface area contributed by atoms with E-state index in [-0.39, 0.29) is 135 Å². The molecule has 32 heteroatoms. The molecule has 0 unspecified atom stereocenters. The van der Waals surface area contributed by atoms with Gasteiger partial charge >= 0.3 is 80.9 Å². The Morgan fingerprint density at radius 1 is 0.395 bits per heavy atom. The van der Waals surface area contributed by atoms with Crippen molar-refractivity contribution in [2.45, 2.75) is 94.8 Å². The van der Waals surface area contributed by atoms with Gasteiger partial charge in [0, 0.05) is 189 Å². The number of aryl methyl sites for hydroxylation is 5. The zero-order valence-electron chi connectivity index (χ0n) is 67.5. The van der Waals surface area contributed by atoms with E-state index in [1.165, 1.54) is 65.6 Å². The minimum absolute atomic E-state index is 0. The van der Waals surface area contributed by atoms with Gasteiger partial charge in [0.25, 0.3) is 0 Å². The number of rotatable bonds is 15. The summed E-state index contributed by atoms with van der Waals surface area (Å²) in [5.41, 5.74) is 42.1. The Bertz CT molecular complexity index is 6140. The maximum atomic E-state index is 13.3. The average molecular weight is 1800 g/mol. The number of halogens is 6. The minimum atomic E-state index is -0.276. The van der Waals surface area contributed by atoms with Crippen LogP contribution in [0.2, 0.25) is 0 Å². The zero-order chi connectivity index (χ0) is 85.2. The van der Waals surface area contributed by atoms with Gasteiger partial charge in [-0.15, -0.1) is 0 Å². The number of allylic oxidation sites excluding steroid dienone is 1. The van der Waals surface area contributed by atoms with Crippen molar-refractivity contribution in [2.75, 3.05) is 17.6 Å². The van der Waals surface area contributed by atoms with Crippen LogP contribution < -0.4 is 80.9 Å². The van der Waals surface area contributed by atoms with Crippen LogP contribution in [0.3, 0.4) is 0 Å². The molecular formula is C92H75F5IKN23NaO. The fourth-order valence-electron chi connectivity index (χ4n) is 16.1. The van der Waals surface area contributed by atoms with E-state index in [2.05, 4.69) is 93.0 Å². The molecule has 15 heterocycles. The van der Waals surface area contributed by atoms with Crippen molar-refractivity contribution in [3.05, 3.63) is 342 Å². The van der Waals surface area contributed by atoms with Crippen LogP contribution >= 0.6 is 22.6 Å². The Morgan fingerprint density at radius 2 is 0.653 bits per heavy atom. The van der Waals surface area contributed by atoms with E-state index in [1.807, 2.05) is 60.7 Å². The Labute approximate surface area is 789 Å². The standard InChI is InChI=1S/C19H15FN4.C18H15FIN3.C18H15FN6.C18H16FN3O.C18H14FN3.CN.K.N3.Na/c20-15-3-1-13(2-4-15)18-19(14-8-11-22-12-9-14)24-16(7-10-21)5-6-17(24)23-18;19-14-3-1-12(2-4-14)17-18(13-7-9-21-10-8-13)23-15(11-20)5-6-16(23)22-17;19-14-3-1-12(2-4-14)17-18(13-7-9-21-10-8-13)25-15(11-22-24-20)5-6-16(25)23-17;19-14-3-1-12(2-4-14)17-18(13-7-9-20-10-8-13)22-15(11-23)5-6-16(22)21-17;1-12-2-7-16-21-17(13-3-5-15(19)6-4-13)18(22(12)16)14-8-10-20-11-9-14;1-2;;1-3-2;/h1-4,8-9,11-12,16H,5-7H2;1-4,7-10,15H,5-6,11H2;1-4,7-10,15H,5-6,11H2;1-4,7-10,15,23H,5-6,11H2;3-6,8-11H,1-2,7H2;;;;/q;;;;;-1;+1;-1;+1/t16-;3*15-;;;;;/m0000...../s1. The van der Waals surface area contributed by atoms with Gasteiger partial charge in [0.2, 0.25) is 0 Å². The first kappa shape index (κ1) is 91.4. The molecule has 0 amide bonds. The molecule has 5 aromatic carbocycles. The predicted molar refractivity (Wildman–Crippen MR) is 463 cm³/mol. The topological polar surface area (TPSA) is 329 Å². The molecule has 0 fully saturated rings. The third-order valence-electron chi connectivity index (χ3n) is 21.5. The number of nitrogens with zero attached hydrogens (tertiary/aromatic N) is 23. The maximum Gasteiger partial charge on any atom is 1.00 e. The van der Waals surface area contributed by atoms with E-state index in [9.17, 15) is 27.1 Å². The summed E-state index contributed by atoms with van der Waals surface area (Å²) >= 11 is 2.44. The van der Waals surface area contributed by atoms with Crippen molar-refractivity contribution in [3.8, 4) is 119 Å². The van der Waals surface area contributed by atoms with Gasteiger partial charge in [-0.3, -0.25) is 29.8 Å². The second-order valence-electron chi connectivity index (χ2n) is 28.7. The molecular weight excluding hydrogens is 1730 g/mol. The van der Waals surface area contributed by atoms with E-state index < -0.39 is 0 Å². The first-order valence-corrected chi connectivity index (χ1v) is 40.6. The van der Waals surface area contributed by atoms with E-state index in [0.717, 1.165) is 216 Å². The smallest absolute Gasteiger partial charge is 0.512 e. The van der Waals surface area contributed by atoms with Crippen LogP contribution in [0.15, 0.2) is 256 Å². The number of aromatic nitrogens is 15. The number of aliphatic hydroxyl groups excluding tert-OH is 1. The summed E-state index contributed by atoms with van der Waals surface area (Å²) in [4.78, 5) is 48.9. The summed E-state index contributed by atoms with van der Waals surface area (Å²) in [6.45, 7) is 9.38. The molecule has 24 nitrogen and oxygen atoms in total. The monoisotopic (exact) mass is 1800 g/mol. The van der Waals surface area contributed by atoms with Crippen molar-refractivity contribution in [3.63, 3.8) is 0 Å². The van der Waals surface area contributed by atoms with Gasteiger partial charge in [-0.25, -0.2) is 46.9 Å². The fourth-order valence-corrected chi connectivity index (χ4v) is 17.0. The van der Waals surface area contributed by atoms with E-state index in [0.29, 0.717) is 19.0 Å². The number of pyridine rings is 5. The third-order valence-corrected chi connectivity index (χ3v) is 22.5. The number of fused-ring (bicyclic) bond motifs is 5. The van der Waals surface area contributed by atoms with Gasteiger partial charge < -0.3 is 50.8 Å². The first-order valence-electron chi connectivity index (χ1n) is 39.1. The Kier molecular flexibility index (Phi) is 32.1. The number of aliphatic hydroxyl groups is 1. The molecule has 0 aliphatic carbocycles. The maximum absolute atomic E-state index is 13.3. The van der Waals surface area contributed by atoms with Gasteiger partial charge in [-0.05, 0) is 220 Å². The van der Waals surface area contributed by atoms with Crippen LogP contribution in [0.4, 0.5) is 22.0 Å². The number of benzene rings is 5. The molecule has 4 atom stereocenters. The molecule has 608 valence electrons. The summed E-state index contributed by atoms with van der Waals surface area (Å²) < 4.78 is 78.3. The number of hydrogen-bond acceptors (Lipinski definition) is 14. The molecule has 0 saturated carbocycles. The first-order chi connectivity index (χ1) is 59.8. The molecule has 5 aliphatic rings. The van der Waals surface area contributed by atoms with Crippen molar-refractivity contribution in [1.82, 2.24) is 72.7 Å². The SMILES string of the molecule is C=C1CCc2nc(-c3ccc(F)cc3)c(-c3ccncc3)n21.Fc1ccc(-c2nc3n(c2-c2ccncc2)[C@H](CI)CC3)cc1.N#CC[C@@H]1CCc2nc(-c3ccc(F)cc3)c(-c3ccncc3)n21.OC[C@@H]1CCc2nc(-c3ccc(F)cc3)c(-c3ccncc3)n21.[C-]#N.[K+].[N-]=[N+]=NC[C@@H]1CCc2nc(-c3ccc(F)cc3)c(-c3ccncc3)n21.[N-]=[N+]=[N-].[Na+]. The quantitative estimate of drug-likeness (QED) is 0.0146. The van der Waals surface area contributed by atoms with Crippen molar-refractivity contribution < 1.29 is 108 Å². The summed E-state index contributed by atoms with van der Waals surface area (Å²) in [7, 11) is 0. The average Bonchev–Trinajstić information content (AvgIpc) is 1.63. The second kappa shape index (κ2) is 43.5. The predicted octanol–water partition coefficient (Wildman–Crippen LogP) is 15.7. The van der Waals surface area contributed by atoms with E-state index in [1.54, 1.807) is 123 Å². The molecule has 15 aromatic rings. The summed E-state index contributed by atoms with van der Waals surface area (Å²) in [5, 5.41) is 28.8. The van der Waals surface area contributed by atoms with Gasteiger partial charge in [0.1, 0.15) is 58.2 Å². The van der Waals surface area contributed by atoms with Crippen LogP contribution in [0.25, 0.3) is 145 Å². The summed E-state index contributed by atoms with van der Waals surface area (Å²) in [6, 6.07) is 54.7. The van der Waals surface area contributed by atoms with Crippen molar-refractivity contribution in [2.24, 2.45) is 5.11 Å². The van der Waals surface area contributed by atoms with Gasteiger partial charge in [-0.1, -0.05) is 34.3 Å². The van der Waals surface area contributed by atoms with Crippen LogP contribution in [-0.4, -0.2) is 95.4 Å².